The van der Waals surface area contributed by atoms with Gasteiger partial charge in [-0.2, -0.15) is 0 Å². The Morgan fingerprint density at radius 2 is 1.08 bits per heavy atom. The van der Waals surface area contributed by atoms with Crippen LogP contribution in [0.1, 0.15) is 5.56 Å². The van der Waals surface area contributed by atoms with Gasteiger partial charge in [-0.3, -0.25) is 0 Å². The van der Waals surface area contributed by atoms with E-state index in [9.17, 15) is 0 Å². The van der Waals surface area contributed by atoms with Crippen molar-refractivity contribution in [2.24, 2.45) is 0 Å². The number of anilines is 2. The first-order chi connectivity index (χ1) is 24.7. The maximum atomic E-state index is 5.06. The summed E-state index contributed by atoms with van der Waals surface area (Å²) in [6.07, 6.45) is 4.49. The molecule has 1 aliphatic rings. The monoisotopic (exact) mass is 640 g/mol. The van der Waals surface area contributed by atoms with Crippen LogP contribution < -0.4 is 15.5 Å². The number of hydrogen-bond donors (Lipinski definition) is 0. The molecule has 2 aromatic heterocycles. The number of para-hydroxylation sites is 3. The van der Waals surface area contributed by atoms with Gasteiger partial charge in [0, 0.05) is 50.4 Å². The number of nitrogens with zero attached hydrogens (tertiary/aromatic N) is 4. The van der Waals surface area contributed by atoms with E-state index in [4.69, 9.17) is 9.97 Å². The fourth-order valence-corrected chi connectivity index (χ4v) is 6.89. The molecular weight excluding hydrogens is 609 g/mol. The first kappa shape index (κ1) is 29.4. The summed E-state index contributed by atoms with van der Waals surface area (Å²) in [7, 11) is 0. The van der Waals surface area contributed by atoms with Gasteiger partial charge in [0.25, 0.3) is 0 Å². The van der Waals surface area contributed by atoms with E-state index in [2.05, 4.69) is 162 Å². The second-order valence-corrected chi connectivity index (χ2v) is 12.4. The van der Waals surface area contributed by atoms with Crippen LogP contribution in [-0.2, 0) is 0 Å². The van der Waals surface area contributed by atoms with Crippen molar-refractivity contribution in [1.82, 2.24) is 14.5 Å². The minimum absolute atomic E-state index is 0.684. The Bertz CT molecular complexity index is 2580. The number of rotatable bonds is 5. The van der Waals surface area contributed by atoms with Gasteiger partial charge in [-0.25, -0.2) is 9.97 Å². The van der Waals surface area contributed by atoms with Crippen LogP contribution in [0.3, 0.4) is 0 Å². The van der Waals surface area contributed by atoms with Crippen molar-refractivity contribution in [3.63, 3.8) is 0 Å². The van der Waals surface area contributed by atoms with E-state index in [1.807, 2.05) is 36.4 Å². The lowest BCUT2D eigenvalue weighted by molar-refractivity contribution is 1.06. The minimum atomic E-state index is 0.684. The lowest BCUT2D eigenvalue weighted by Crippen LogP contribution is -2.33. The maximum absolute atomic E-state index is 5.06. The van der Waals surface area contributed by atoms with Crippen LogP contribution >= 0.6 is 0 Å². The summed E-state index contributed by atoms with van der Waals surface area (Å²) < 4.78 is 2.35. The Kier molecular flexibility index (Phi) is 7.25. The molecule has 0 aliphatic carbocycles. The lowest BCUT2D eigenvalue weighted by Gasteiger charge is -2.25. The summed E-state index contributed by atoms with van der Waals surface area (Å²) in [6, 6.07) is 58.9. The summed E-state index contributed by atoms with van der Waals surface area (Å²) in [5, 5.41) is 3.41. The Labute approximate surface area is 290 Å². The van der Waals surface area contributed by atoms with Gasteiger partial charge in [-0.1, -0.05) is 122 Å². The molecule has 0 spiro atoms. The van der Waals surface area contributed by atoms with Crippen LogP contribution in [0.2, 0.25) is 0 Å². The van der Waals surface area contributed by atoms with Gasteiger partial charge >= 0.3 is 0 Å². The highest BCUT2D eigenvalue weighted by molar-refractivity contribution is 5.99. The predicted octanol–water partition coefficient (Wildman–Crippen LogP) is 9.81. The maximum Gasteiger partial charge on any atom is 0.160 e. The Morgan fingerprint density at radius 1 is 0.500 bits per heavy atom. The first-order valence-electron chi connectivity index (χ1n) is 16.8. The number of aromatic nitrogens is 3. The molecule has 4 heteroatoms. The van der Waals surface area contributed by atoms with Crippen LogP contribution in [0.25, 0.3) is 68.3 Å². The SMILES string of the molecule is C=C1/C=c2\c(n(-c3ccccc3)c3ccccc23)=C/N(c2ccc(-c3nc(-c4ccccc4)cc(-c4ccccc4)n3)cc2)c2ccccc21. The molecule has 8 aromatic rings. The first-order valence-corrected chi connectivity index (χ1v) is 16.8. The largest absolute Gasteiger partial charge is 0.314 e. The third-order valence-corrected chi connectivity index (χ3v) is 9.31. The molecule has 0 amide bonds. The number of fused-ring (bicyclic) bond motifs is 4. The van der Waals surface area contributed by atoms with Crippen molar-refractivity contribution < 1.29 is 0 Å². The van der Waals surface area contributed by atoms with Crippen LogP contribution in [0.15, 0.2) is 176 Å². The van der Waals surface area contributed by atoms with Gasteiger partial charge in [0.1, 0.15) is 0 Å². The lowest BCUT2D eigenvalue weighted by atomic mass is 10.0. The number of benzene rings is 6. The Hall–Kier alpha value is -6.78. The van der Waals surface area contributed by atoms with Gasteiger partial charge in [0.2, 0.25) is 0 Å². The normalized spacial score (nSPS) is 13.7. The number of allylic oxidation sites excluding steroid dienone is 1. The molecule has 0 fully saturated rings. The van der Waals surface area contributed by atoms with Gasteiger partial charge in [-0.15, -0.1) is 0 Å². The summed E-state index contributed by atoms with van der Waals surface area (Å²) in [5.74, 6) is 0.684. The second-order valence-electron chi connectivity index (χ2n) is 12.4. The van der Waals surface area contributed by atoms with E-state index in [0.29, 0.717) is 5.82 Å². The zero-order chi connectivity index (χ0) is 33.4. The van der Waals surface area contributed by atoms with Crippen molar-refractivity contribution >= 4 is 40.1 Å². The van der Waals surface area contributed by atoms with Crippen LogP contribution in [-0.4, -0.2) is 14.5 Å². The topological polar surface area (TPSA) is 34.0 Å². The Balaban J connectivity index is 1.23. The smallest absolute Gasteiger partial charge is 0.160 e. The second kappa shape index (κ2) is 12.3. The van der Waals surface area contributed by atoms with Crippen LogP contribution in [0.5, 0.6) is 0 Å². The molecule has 0 saturated carbocycles. The van der Waals surface area contributed by atoms with E-state index >= 15 is 0 Å². The third kappa shape index (κ3) is 5.20. The van der Waals surface area contributed by atoms with Crippen molar-refractivity contribution in [3.8, 4) is 39.6 Å². The van der Waals surface area contributed by atoms with E-state index in [-0.39, 0.29) is 0 Å². The van der Waals surface area contributed by atoms with E-state index in [0.717, 1.165) is 72.4 Å². The molecule has 4 nitrogen and oxygen atoms in total. The van der Waals surface area contributed by atoms with Crippen LogP contribution in [0.4, 0.5) is 11.4 Å². The molecule has 50 heavy (non-hydrogen) atoms. The molecule has 0 N–H and O–H groups in total. The average molecular weight is 641 g/mol. The number of hydrogen-bond acceptors (Lipinski definition) is 3. The fourth-order valence-electron chi connectivity index (χ4n) is 6.89. The van der Waals surface area contributed by atoms with Crippen LogP contribution in [0, 0.1) is 0 Å². The van der Waals surface area contributed by atoms with Crippen molar-refractivity contribution in [1.29, 1.82) is 0 Å². The summed E-state index contributed by atoms with van der Waals surface area (Å²) in [4.78, 5) is 12.4. The van der Waals surface area contributed by atoms with Crippen molar-refractivity contribution in [3.05, 3.63) is 193 Å². The third-order valence-electron chi connectivity index (χ3n) is 9.31. The van der Waals surface area contributed by atoms with Gasteiger partial charge in [0.15, 0.2) is 5.82 Å². The highest BCUT2D eigenvalue weighted by Crippen LogP contribution is 2.35. The fraction of sp³-hybridized carbons (Fsp3) is 0. The van der Waals surface area contributed by atoms with Gasteiger partial charge < -0.3 is 9.47 Å². The van der Waals surface area contributed by atoms with Crippen molar-refractivity contribution in [2.75, 3.05) is 4.90 Å². The molecule has 236 valence electrons. The predicted molar refractivity (Wildman–Crippen MR) is 207 cm³/mol. The van der Waals surface area contributed by atoms with E-state index < -0.39 is 0 Å². The standard InChI is InChI=1S/C46H32N4/c1-32-29-40-39-22-12-14-24-44(39)50(37-19-9-4-10-20-37)45(40)31-49(43-23-13-11-21-38(32)43)36-27-25-35(26-28-36)46-47-41(33-15-5-2-6-16-33)30-42(48-46)34-17-7-3-8-18-34/h2-31H,1H2/b40-29-,45-31+. The zero-order valence-corrected chi connectivity index (χ0v) is 27.3. The summed E-state index contributed by atoms with van der Waals surface area (Å²) in [5.41, 5.74) is 11.2. The molecule has 6 aromatic carbocycles. The molecular formula is C46H32N4. The molecule has 0 atom stereocenters. The molecule has 0 unspecified atom stereocenters. The zero-order valence-electron chi connectivity index (χ0n) is 27.3. The molecule has 9 rings (SSSR count). The summed E-state index contributed by atoms with van der Waals surface area (Å²) >= 11 is 0. The van der Waals surface area contributed by atoms with Gasteiger partial charge in [0.05, 0.1) is 27.9 Å². The van der Waals surface area contributed by atoms with E-state index in [1.54, 1.807) is 0 Å². The molecule has 0 bridgehead atoms. The summed E-state index contributed by atoms with van der Waals surface area (Å²) in [6.45, 7) is 4.57. The van der Waals surface area contributed by atoms with Gasteiger partial charge in [-0.05, 0) is 66.2 Å². The molecule has 0 saturated heterocycles. The molecule has 1 aliphatic heterocycles. The minimum Gasteiger partial charge on any atom is -0.314 e. The Morgan fingerprint density at radius 3 is 1.76 bits per heavy atom. The molecule has 3 heterocycles. The highest BCUT2D eigenvalue weighted by Gasteiger charge is 2.19. The highest BCUT2D eigenvalue weighted by atomic mass is 15.1. The average Bonchev–Trinajstić information content (AvgIpc) is 3.49. The quantitative estimate of drug-likeness (QED) is 0.188. The van der Waals surface area contributed by atoms with E-state index in [1.165, 1.54) is 5.39 Å². The van der Waals surface area contributed by atoms with Crippen molar-refractivity contribution in [2.45, 2.75) is 0 Å². The molecule has 0 radical (unpaired) electrons.